The van der Waals surface area contributed by atoms with Crippen molar-refractivity contribution in [2.24, 2.45) is 5.73 Å². The summed E-state index contributed by atoms with van der Waals surface area (Å²) in [7, 11) is 0. The number of aryl methyl sites for hydroxylation is 1. The number of ether oxygens (including phenoxy) is 1. The molecule has 2 nitrogen and oxygen atoms in total. The van der Waals surface area contributed by atoms with Crippen LogP contribution in [0.1, 0.15) is 30.0 Å². The fourth-order valence-corrected chi connectivity index (χ4v) is 2.07. The zero-order valence-electron chi connectivity index (χ0n) is 9.37. The molecule has 3 heteroatoms. The first kappa shape index (κ1) is 11.7. The SMILES string of the molecule is Cc1cc(C(N)C2=CCCCO2)ccc1Br. The van der Waals surface area contributed by atoms with Gasteiger partial charge in [-0.05, 0) is 43.0 Å². The van der Waals surface area contributed by atoms with Crippen molar-refractivity contribution in [1.29, 1.82) is 0 Å². The molecule has 0 radical (unpaired) electrons. The molecule has 1 atom stereocenters. The van der Waals surface area contributed by atoms with Crippen LogP contribution < -0.4 is 5.73 Å². The van der Waals surface area contributed by atoms with Crippen molar-refractivity contribution in [3.8, 4) is 0 Å². The molecule has 1 aromatic carbocycles. The van der Waals surface area contributed by atoms with E-state index >= 15 is 0 Å². The molecule has 86 valence electrons. The van der Waals surface area contributed by atoms with E-state index in [0.29, 0.717) is 0 Å². The van der Waals surface area contributed by atoms with Crippen LogP contribution in [0.4, 0.5) is 0 Å². The van der Waals surface area contributed by atoms with Crippen molar-refractivity contribution in [3.05, 3.63) is 45.6 Å². The van der Waals surface area contributed by atoms with E-state index < -0.39 is 0 Å². The summed E-state index contributed by atoms with van der Waals surface area (Å²) in [6.07, 6.45) is 4.26. The second kappa shape index (κ2) is 5.02. The normalized spacial score (nSPS) is 17.6. The molecule has 0 amide bonds. The van der Waals surface area contributed by atoms with Crippen LogP contribution >= 0.6 is 15.9 Å². The van der Waals surface area contributed by atoms with Crippen LogP contribution in [-0.2, 0) is 4.74 Å². The Labute approximate surface area is 105 Å². The van der Waals surface area contributed by atoms with Crippen LogP contribution in [0.5, 0.6) is 0 Å². The van der Waals surface area contributed by atoms with Gasteiger partial charge in [-0.2, -0.15) is 0 Å². The smallest absolute Gasteiger partial charge is 0.113 e. The van der Waals surface area contributed by atoms with Crippen LogP contribution in [0, 0.1) is 6.92 Å². The average molecular weight is 282 g/mol. The van der Waals surface area contributed by atoms with Crippen molar-refractivity contribution in [3.63, 3.8) is 0 Å². The van der Waals surface area contributed by atoms with E-state index in [9.17, 15) is 0 Å². The Kier molecular flexibility index (Phi) is 3.66. The third-order valence-corrected chi connectivity index (χ3v) is 3.70. The van der Waals surface area contributed by atoms with E-state index in [1.165, 1.54) is 5.56 Å². The Morgan fingerprint density at radius 2 is 2.25 bits per heavy atom. The monoisotopic (exact) mass is 281 g/mol. The Morgan fingerprint density at radius 3 is 2.88 bits per heavy atom. The third kappa shape index (κ3) is 2.47. The second-order valence-electron chi connectivity index (χ2n) is 4.08. The van der Waals surface area contributed by atoms with E-state index in [1.54, 1.807) is 0 Å². The summed E-state index contributed by atoms with van der Waals surface area (Å²) in [5.74, 6) is 0.910. The van der Waals surface area contributed by atoms with E-state index in [1.807, 2.05) is 12.1 Å². The predicted octanol–water partition coefficient (Wildman–Crippen LogP) is 3.45. The Morgan fingerprint density at radius 1 is 1.44 bits per heavy atom. The summed E-state index contributed by atoms with van der Waals surface area (Å²) in [6.45, 7) is 2.85. The molecule has 0 aliphatic carbocycles. The van der Waals surface area contributed by atoms with Gasteiger partial charge in [0.2, 0.25) is 0 Å². The molecule has 0 spiro atoms. The molecular weight excluding hydrogens is 266 g/mol. The molecule has 1 heterocycles. The molecule has 1 aliphatic rings. The van der Waals surface area contributed by atoms with E-state index in [-0.39, 0.29) is 6.04 Å². The minimum atomic E-state index is -0.132. The fraction of sp³-hybridized carbons (Fsp3) is 0.385. The zero-order chi connectivity index (χ0) is 11.5. The number of rotatable bonds is 2. The molecule has 0 saturated heterocycles. The molecule has 1 unspecified atom stereocenters. The van der Waals surface area contributed by atoms with Crippen LogP contribution in [0.15, 0.2) is 34.5 Å². The third-order valence-electron chi connectivity index (χ3n) is 2.81. The van der Waals surface area contributed by atoms with Gasteiger partial charge in [0.15, 0.2) is 0 Å². The second-order valence-corrected chi connectivity index (χ2v) is 4.94. The quantitative estimate of drug-likeness (QED) is 0.901. The van der Waals surface area contributed by atoms with Gasteiger partial charge in [0.25, 0.3) is 0 Å². The first-order chi connectivity index (χ1) is 7.68. The Balaban J connectivity index is 2.22. The largest absolute Gasteiger partial charge is 0.496 e. The zero-order valence-corrected chi connectivity index (χ0v) is 11.0. The van der Waals surface area contributed by atoms with Crippen molar-refractivity contribution < 1.29 is 4.74 Å². The fourth-order valence-electron chi connectivity index (χ4n) is 1.82. The summed E-state index contributed by atoms with van der Waals surface area (Å²) in [4.78, 5) is 0. The molecular formula is C13H16BrNO. The van der Waals surface area contributed by atoms with Crippen LogP contribution in [0.3, 0.4) is 0 Å². The maximum atomic E-state index is 6.18. The van der Waals surface area contributed by atoms with E-state index in [4.69, 9.17) is 10.5 Å². The number of hydrogen-bond donors (Lipinski definition) is 1. The minimum Gasteiger partial charge on any atom is -0.496 e. The average Bonchev–Trinajstić information content (AvgIpc) is 2.33. The summed E-state index contributed by atoms with van der Waals surface area (Å²) < 4.78 is 6.70. The predicted molar refractivity (Wildman–Crippen MR) is 69.1 cm³/mol. The summed E-state index contributed by atoms with van der Waals surface area (Å²) in [5.41, 5.74) is 8.48. The van der Waals surface area contributed by atoms with Gasteiger partial charge in [-0.1, -0.05) is 28.1 Å². The standard InChI is InChI=1S/C13H16BrNO/c1-9-8-10(5-6-11(9)14)13(15)12-4-2-3-7-16-12/h4-6,8,13H,2-3,7,15H2,1H3. The lowest BCUT2D eigenvalue weighted by Crippen LogP contribution is -2.18. The number of benzene rings is 1. The highest BCUT2D eigenvalue weighted by Gasteiger charge is 2.15. The van der Waals surface area contributed by atoms with Gasteiger partial charge < -0.3 is 10.5 Å². The number of hydrogen-bond acceptors (Lipinski definition) is 2. The molecule has 2 N–H and O–H groups in total. The van der Waals surface area contributed by atoms with E-state index in [0.717, 1.165) is 35.2 Å². The first-order valence-corrected chi connectivity index (χ1v) is 6.32. The Hall–Kier alpha value is -0.800. The number of allylic oxidation sites excluding steroid dienone is 1. The molecule has 0 aromatic heterocycles. The van der Waals surface area contributed by atoms with Gasteiger partial charge in [-0.15, -0.1) is 0 Å². The molecule has 0 fully saturated rings. The van der Waals surface area contributed by atoms with Gasteiger partial charge in [0.1, 0.15) is 5.76 Å². The summed E-state index contributed by atoms with van der Waals surface area (Å²) in [5, 5.41) is 0. The molecule has 1 aliphatic heterocycles. The summed E-state index contributed by atoms with van der Waals surface area (Å²) >= 11 is 3.49. The van der Waals surface area contributed by atoms with Gasteiger partial charge in [-0.25, -0.2) is 0 Å². The molecule has 0 saturated carbocycles. The highest BCUT2D eigenvalue weighted by Crippen LogP contribution is 2.26. The molecule has 2 rings (SSSR count). The van der Waals surface area contributed by atoms with Crippen molar-refractivity contribution in [2.75, 3.05) is 6.61 Å². The number of halogens is 1. The Bertz CT molecular complexity index is 414. The van der Waals surface area contributed by atoms with Gasteiger partial charge in [-0.3, -0.25) is 0 Å². The lowest BCUT2D eigenvalue weighted by molar-refractivity contribution is 0.176. The van der Waals surface area contributed by atoms with Crippen molar-refractivity contribution in [1.82, 2.24) is 0 Å². The highest BCUT2D eigenvalue weighted by atomic mass is 79.9. The van der Waals surface area contributed by atoms with Crippen molar-refractivity contribution >= 4 is 15.9 Å². The molecule has 1 aromatic rings. The van der Waals surface area contributed by atoms with Crippen LogP contribution in [0.25, 0.3) is 0 Å². The van der Waals surface area contributed by atoms with Crippen LogP contribution in [-0.4, -0.2) is 6.61 Å². The minimum absolute atomic E-state index is 0.132. The first-order valence-electron chi connectivity index (χ1n) is 5.53. The lowest BCUT2D eigenvalue weighted by atomic mass is 10.0. The number of nitrogens with two attached hydrogens (primary N) is 1. The maximum absolute atomic E-state index is 6.18. The maximum Gasteiger partial charge on any atom is 0.113 e. The van der Waals surface area contributed by atoms with Gasteiger partial charge >= 0.3 is 0 Å². The van der Waals surface area contributed by atoms with E-state index in [2.05, 4.69) is 35.0 Å². The summed E-state index contributed by atoms with van der Waals surface area (Å²) in [6, 6.07) is 6.05. The van der Waals surface area contributed by atoms with Crippen LogP contribution in [0.2, 0.25) is 0 Å². The lowest BCUT2D eigenvalue weighted by Gasteiger charge is -2.21. The molecule has 16 heavy (non-hydrogen) atoms. The molecule has 0 bridgehead atoms. The van der Waals surface area contributed by atoms with Crippen molar-refractivity contribution in [2.45, 2.75) is 25.8 Å². The van der Waals surface area contributed by atoms with Gasteiger partial charge in [0, 0.05) is 4.47 Å². The topological polar surface area (TPSA) is 35.2 Å². The van der Waals surface area contributed by atoms with Gasteiger partial charge in [0.05, 0.1) is 12.6 Å². The highest BCUT2D eigenvalue weighted by molar-refractivity contribution is 9.10.